The van der Waals surface area contributed by atoms with Gasteiger partial charge in [-0.2, -0.15) is 0 Å². The van der Waals surface area contributed by atoms with E-state index in [4.69, 9.17) is 11.6 Å². The first-order valence-corrected chi connectivity index (χ1v) is 6.33. The molecule has 0 aliphatic carbocycles. The van der Waals surface area contributed by atoms with Gasteiger partial charge in [0.1, 0.15) is 16.8 Å². The molecule has 0 amide bonds. The number of nitrogens with zero attached hydrogens (tertiary/aromatic N) is 2. The molecule has 0 aromatic carbocycles. The van der Waals surface area contributed by atoms with E-state index in [0.29, 0.717) is 5.15 Å². The Kier molecular flexibility index (Phi) is 5.42. The van der Waals surface area contributed by atoms with E-state index in [1.54, 1.807) is 0 Å². The van der Waals surface area contributed by atoms with Crippen LogP contribution in [0.1, 0.15) is 44.5 Å². The molecule has 0 fully saturated rings. The van der Waals surface area contributed by atoms with E-state index < -0.39 is 0 Å². The molecule has 94 valence electrons. The zero-order valence-electron chi connectivity index (χ0n) is 10.9. The zero-order valence-corrected chi connectivity index (χ0v) is 11.7. The van der Waals surface area contributed by atoms with Crippen LogP contribution in [-0.4, -0.2) is 16.5 Å². The topological polar surface area (TPSA) is 37.8 Å². The summed E-state index contributed by atoms with van der Waals surface area (Å²) in [6.07, 6.45) is 5.14. The fourth-order valence-corrected chi connectivity index (χ4v) is 1.55. The van der Waals surface area contributed by atoms with Gasteiger partial charge >= 0.3 is 0 Å². The van der Waals surface area contributed by atoms with Crippen LogP contribution in [0.15, 0.2) is 12.2 Å². The second-order valence-electron chi connectivity index (χ2n) is 4.29. The van der Waals surface area contributed by atoms with Gasteiger partial charge in [-0.1, -0.05) is 37.6 Å². The van der Waals surface area contributed by atoms with Gasteiger partial charge in [-0.05, 0) is 20.3 Å². The molecule has 4 heteroatoms. The fraction of sp³-hybridized carbons (Fsp3) is 0.538. The predicted octanol–water partition coefficient (Wildman–Crippen LogP) is 3.94. The number of hydrogen-bond donors (Lipinski definition) is 1. The van der Waals surface area contributed by atoms with Crippen LogP contribution in [0.25, 0.3) is 0 Å². The molecule has 0 aliphatic heterocycles. The molecule has 0 radical (unpaired) electrons. The Morgan fingerprint density at radius 1 is 1.35 bits per heavy atom. The molecule has 3 nitrogen and oxygen atoms in total. The van der Waals surface area contributed by atoms with Gasteiger partial charge < -0.3 is 5.32 Å². The number of hydrogen-bond acceptors (Lipinski definition) is 3. The van der Waals surface area contributed by atoms with Gasteiger partial charge in [0.2, 0.25) is 0 Å². The van der Waals surface area contributed by atoms with Crippen molar-refractivity contribution in [1.29, 1.82) is 0 Å². The Bertz CT molecular complexity index is 400. The molecule has 0 atom stereocenters. The molecule has 17 heavy (non-hydrogen) atoms. The highest BCUT2D eigenvalue weighted by Crippen LogP contribution is 2.22. The zero-order chi connectivity index (χ0) is 12.8. The second-order valence-corrected chi connectivity index (χ2v) is 4.64. The largest absolute Gasteiger partial charge is 0.369 e. The van der Waals surface area contributed by atoms with Crippen molar-refractivity contribution in [3.05, 3.63) is 28.7 Å². The molecule has 0 saturated carbocycles. The first-order valence-electron chi connectivity index (χ1n) is 5.95. The number of halogens is 1. The minimum atomic E-state index is 0.282. The summed E-state index contributed by atoms with van der Waals surface area (Å²) in [4.78, 5) is 8.78. The molecule has 0 spiro atoms. The highest BCUT2D eigenvalue weighted by Gasteiger charge is 2.10. The SMILES string of the molecule is C/C=C/CCNc1nc(C(C)C)nc(Cl)c1C. The molecular formula is C13H20ClN3. The summed E-state index contributed by atoms with van der Waals surface area (Å²) in [7, 11) is 0. The van der Waals surface area contributed by atoms with E-state index in [9.17, 15) is 0 Å². The van der Waals surface area contributed by atoms with Gasteiger partial charge in [-0.3, -0.25) is 0 Å². The van der Waals surface area contributed by atoms with E-state index in [2.05, 4.69) is 35.2 Å². The summed E-state index contributed by atoms with van der Waals surface area (Å²) >= 11 is 6.10. The third-order valence-electron chi connectivity index (χ3n) is 2.46. The summed E-state index contributed by atoms with van der Waals surface area (Å²) in [6.45, 7) is 8.93. The van der Waals surface area contributed by atoms with Crippen molar-refractivity contribution < 1.29 is 0 Å². The summed E-state index contributed by atoms with van der Waals surface area (Å²) < 4.78 is 0. The maximum atomic E-state index is 6.10. The highest BCUT2D eigenvalue weighted by atomic mass is 35.5. The van der Waals surface area contributed by atoms with E-state index in [1.165, 1.54) is 0 Å². The Morgan fingerprint density at radius 2 is 2.06 bits per heavy atom. The smallest absolute Gasteiger partial charge is 0.137 e. The molecule has 1 heterocycles. The minimum Gasteiger partial charge on any atom is -0.369 e. The van der Waals surface area contributed by atoms with Crippen LogP contribution in [0.3, 0.4) is 0 Å². The first kappa shape index (κ1) is 14.0. The lowest BCUT2D eigenvalue weighted by molar-refractivity contribution is 0.771. The van der Waals surface area contributed by atoms with Gasteiger partial charge in [-0.15, -0.1) is 0 Å². The van der Waals surface area contributed by atoms with Gasteiger partial charge in [0, 0.05) is 18.0 Å². The molecule has 1 N–H and O–H groups in total. The van der Waals surface area contributed by atoms with E-state index in [0.717, 1.165) is 30.2 Å². The lowest BCUT2D eigenvalue weighted by Gasteiger charge is -2.12. The first-order chi connectivity index (χ1) is 8.06. The third kappa shape index (κ3) is 4.00. The summed E-state index contributed by atoms with van der Waals surface area (Å²) in [6, 6.07) is 0. The van der Waals surface area contributed by atoms with Crippen LogP contribution in [0.4, 0.5) is 5.82 Å². The average molecular weight is 254 g/mol. The lowest BCUT2D eigenvalue weighted by Crippen LogP contribution is -2.08. The molecule has 1 aromatic heterocycles. The number of allylic oxidation sites excluding steroid dienone is 1. The van der Waals surface area contributed by atoms with Crippen LogP contribution in [0.2, 0.25) is 5.15 Å². The van der Waals surface area contributed by atoms with Crippen molar-refractivity contribution in [2.24, 2.45) is 0 Å². The number of rotatable bonds is 5. The monoisotopic (exact) mass is 253 g/mol. The Morgan fingerprint density at radius 3 is 2.65 bits per heavy atom. The Balaban J connectivity index is 2.82. The summed E-state index contributed by atoms with van der Waals surface area (Å²) in [5.74, 6) is 1.91. The summed E-state index contributed by atoms with van der Waals surface area (Å²) in [5.41, 5.74) is 0.913. The number of aromatic nitrogens is 2. The molecule has 0 saturated heterocycles. The van der Waals surface area contributed by atoms with Crippen molar-refractivity contribution in [3.63, 3.8) is 0 Å². The van der Waals surface area contributed by atoms with Crippen LogP contribution in [0, 0.1) is 6.92 Å². The maximum Gasteiger partial charge on any atom is 0.137 e. The number of anilines is 1. The highest BCUT2D eigenvalue weighted by molar-refractivity contribution is 6.30. The van der Waals surface area contributed by atoms with Crippen LogP contribution in [-0.2, 0) is 0 Å². The minimum absolute atomic E-state index is 0.282. The molecule has 0 aliphatic rings. The van der Waals surface area contributed by atoms with E-state index >= 15 is 0 Å². The average Bonchev–Trinajstić information content (AvgIpc) is 2.29. The van der Waals surface area contributed by atoms with E-state index in [-0.39, 0.29) is 5.92 Å². The van der Waals surface area contributed by atoms with Crippen LogP contribution < -0.4 is 5.32 Å². The quantitative estimate of drug-likeness (QED) is 0.491. The van der Waals surface area contributed by atoms with Crippen molar-refractivity contribution in [1.82, 2.24) is 9.97 Å². The molecule has 0 unspecified atom stereocenters. The predicted molar refractivity (Wildman–Crippen MR) is 73.8 cm³/mol. The van der Waals surface area contributed by atoms with Crippen molar-refractivity contribution in [3.8, 4) is 0 Å². The normalized spacial score (nSPS) is 11.4. The molecule has 1 rings (SSSR count). The third-order valence-corrected chi connectivity index (χ3v) is 2.83. The Hall–Kier alpha value is -1.09. The molecule has 0 bridgehead atoms. The lowest BCUT2D eigenvalue weighted by atomic mass is 10.2. The standard InChI is InChI=1S/C13H20ClN3/c1-5-6-7-8-15-13-10(4)11(14)16-12(17-13)9(2)3/h5-6,9H,7-8H2,1-4H3,(H,15,16,17)/b6-5+. The van der Waals surface area contributed by atoms with Crippen molar-refractivity contribution in [2.45, 2.75) is 40.0 Å². The van der Waals surface area contributed by atoms with Gasteiger partial charge in [-0.25, -0.2) is 9.97 Å². The van der Waals surface area contributed by atoms with Gasteiger partial charge in [0.25, 0.3) is 0 Å². The Labute approximate surface area is 108 Å². The van der Waals surface area contributed by atoms with Crippen molar-refractivity contribution in [2.75, 3.05) is 11.9 Å². The van der Waals surface area contributed by atoms with Gasteiger partial charge in [0.05, 0.1) is 0 Å². The van der Waals surface area contributed by atoms with Gasteiger partial charge in [0.15, 0.2) is 0 Å². The molecule has 1 aromatic rings. The van der Waals surface area contributed by atoms with Crippen molar-refractivity contribution >= 4 is 17.4 Å². The van der Waals surface area contributed by atoms with Crippen LogP contribution in [0.5, 0.6) is 0 Å². The molecular weight excluding hydrogens is 234 g/mol. The summed E-state index contributed by atoms with van der Waals surface area (Å²) in [5, 5.41) is 3.84. The second kappa shape index (κ2) is 6.60. The van der Waals surface area contributed by atoms with Crippen LogP contribution >= 0.6 is 11.6 Å². The number of nitrogens with one attached hydrogen (secondary N) is 1. The maximum absolute atomic E-state index is 6.10. The fourth-order valence-electron chi connectivity index (χ4n) is 1.38. The van der Waals surface area contributed by atoms with E-state index in [1.807, 2.05) is 19.9 Å².